The summed E-state index contributed by atoms with van der Waals surface area (Å²) in [5, 5.41) is 10.8. The summed E-state index contributed by atoms with van der Waals surface area (Å²) in [6, 6.07) is 5.14. The number of benzene rings is 1. The first-order chi connectivity index (χ1) is 8.06. The fraction of sp³-hybridized carbons (Fsp3) is 0.455. The summed E-state index contributed by atoms with van der Waals surface area (Å²) in [5.74, 6) is 1.06. The van der Waals surface area contributed by atoms with Crippen LogP contribution in [0.2, 0.25) is 0 Å². The molecule has 1 aromatic carbocycles. The zero-order chi connectivity index (χ0) is 12.8. The van der Waals surface area contributed by atoms with Crippen molar-refractivity contribution in [3.05, 3.63) is 38.3 Å². The van der Waals surface area contributed by atoms with Gasteiger partial charge in [0.2, 0.25) is 0 Å². The quantitative estimate of drug-likeness (QED) is 0.597. The Kier molecular flexibility index (Phi) is 5.94. The molecule has 0 aromatic heterocycles. The molecule has 0 fully saturated rings. The van der Waals surface area contributed by atoms with Crippen LogP contribution in [0.25, 0.3) is 0 Å². The molecule has 0 heterocycles. The van der Waals surface area contributed by atoms with E-state index in [1.165, 1.54) is 6.07 Å². The van der Waals surface area contributed by atoms with Gasteiger partial charge in [0.15, 0.2) is 0 Å². The van der Waals surface area contributed by atoms with Crippen LogP contribution in [0, 0.1) is 10.1 Å². The van der Waals surface area contributed by atoms with Gasteiger partial charge in [-0.15, -0.1) is 0 Å². The Hall–Kier alpha value is -0.590. The second kappa shape index (κ2) is 6.98. The fourth-order valence-corrected chi connectivity index (χ4v) is 2.48. The lowest BCUT2D eigenvalue weighted by Crippen LogP contribution is -2.20. The summed E-state index contributed by atoms with van der Waals surface area (Å²) < 4.78 is 0.584. The molecule has 94 valence electrons. The number of hydrogen-bond donors (Lipinski definition) is 0. The van der Waals surface area contributed by atoms with E-state index in [9.17, 15) is 10.1 Å². The Bertz CT molecular complexity index is 401. The van der Waals surface area contributed by atoms with Crippen LogP contribution in [0.1, 0.15) is 5.56 Å². The van der Waals surface area contributed by atoms with Crippen LogP contribution in [-0.2, 0) is 6.54 Å². The number of hydrogen-bond acceptors (Lipinski definition) is 4. The highest BCUT2D eigenvalue weighted by Gasteiger charge is 2.15. The van der Waals surface area contributed by atoms with Crippen molar-refractivity contribution in [2.75, 3.05) is 25.6 Å². The molecule has 0 aliphatic carbocycles. The molecule has 0 amide bonds. The number of nitro groups is 1. The normalized spacial score (nSPS) is 10.8. The average Bonchev–Trinajstić information content (AvgIpc) is 2.28. The number of nitrogens with zero attached hydrogens (tertiary/aromatic N) is 2. The van der Waals surface area contributed by atoms with E-state index in [0.717, 1.165) is 17.9 Å². The molecular weight excluding hydrogens is 304 g/mol. The fourth-order valence-electron chi connectivity index (χ4n) is 1.45. The minimum absolute atomic E-state index is 0.126. The summed E-state index contributed by atoms with van der Waals surface area (Å²) in [4.78, 5) is 12.6. The maximum Gasteiger partial charge on any atom is 0.283 e. The highest BCUT2D eigenvalue weighted by atomic mass is 79.9. The van der Waals surface area contributed by atoms with Gasteiger partial charge < -0.3 is 4.90 Å². The number of thioether (sulfide) groups is 1. The van der Waals surface area contributed by atoms with E-state index in [0.29, 0.717) is 11.0 Å². The van der Waals surface area contributed by atoms with E-state index >= 15 is 0 Å². The van der Waals surface area contributed by atoms with Gasteiger partial charge in [-0.2, -0.15) is 11.8 Å². The summed E-state index contributed by atoms with van der Waals surface area (Å²) in [6.45, 7) is 1.68. The molecule has 0 aliphatic heterocycles. The topological polar surface area (TPSA) is 46.4 Å². The van der Waals surface area contributed by atoms with Crippen molar-refractivity contribution in [2.45, 2.75) is 6.54 Å². The van der Waals surface area contributed by atoms with Gasteiger partial charge >= 0.3 is 0 Å². The molecule has 0 N–H and O–H groups in total. The van der Waals surface area contributed by atoms with Gasteiger partial charge in [0.25, 0.3) is 5.69 Å². The number of rotatable bonds is 6. The molecule has 4 nitrogen and oxygen atoms in total. The molecular formula is C11H15BrN2O2S. The molecule has 0 radical (unpaired) electrons. The van der Waals surface area contributed by atoms with Crippen LogP contribution < -0.4 is 0 Å². The molecule has 0 unspecified atom stereocenters. The second-order valence-corrected chi connectivity index (χ2v) is 5.52. The lowest BCUT2D eigenvalue weighted by molar-refractivity contribution is -0.385. The van der Waals surface area contributed by atoms with Crippen LogP contribution in [-0.4, -0.2) is 35.4 Å². The van der Waals surface area contributed by atoms with Gasteiger partial charge in [-0.1, -0.05) is 12.1 Å². The van der Waals surface area contributed by atoms with Crippen LogP contribution >= 0.6 is 27.7 Å². The predicted octanol–water partition coefficient (Wildman–Crippen LogP) is 3.15. The van der Waals surface area contributed by atoms with Crippen molar-refractivity contribution >= 4 is 33.4 Å². The molecule has 0 bridgehead atoms. The van der Waals surface area contributed by atoms with Gasteiger partial charge in [0.1, 0.15) is 0 Å². The van der Waals surface area contributed by atoms with E-state index in [2.05, 4.69) is 27.1 Å². The van der Waals surface area contributed by atoms with E-state index in [1.54, 1.807) is 17.8 Å². The molecule has 0 saturated carbocycles. The maximum atomic E-state index is 10.8. The van der Waals surface area contributed by atoms with Crippen LogP contribution in [0.5, 0.6) is 0 Å². The van der Waals surface area contributed by atoms with Crippen LogP contribution in [0.3, 0.4) is 0 Å². The molecule has 6 heteroatoms. The molecule has 0 atom stereocenters. The Morgan fingerprint density at radius 2 is 2.24 bits per heavy atom. The van der Waals surface area contributed by atoms with Crippen LogP contribution in [0.4, 0.5) is 5.69 Å². The third-order valence-corrected chi connectivity index (χ3v) is 3.88. The lowest BCUT2D eigenvalue weighted by atomic mass is 10.2. The van der Waals surface area contributed by atoms with Gasteiger partial charge in [0.05, 0.1) is 9.40 Å². The Balaban J connectivity index is 2.77. The summed E-state index contributed by atoms with van der Waals surface area (Å²) in [5.41, 5.74) is 1.07. The van der Waals surface area contributed by atoms with Crippen molar-refractivity contribution in [1.82, 2.24) is 4.90 Å². The first kappa shape index (κ1) is 14.5. The summed E-state index contributed by atoms with van der Waals surface area (Å²) in [6.07, 6.45) is 2.07. The van der Waals surface area contributed by atoms with Gasteiger partial charge in [-0.05, 0) is 34.8 Å². The highest BCUT2D eigenvalue weighted by molar-refractivity contribution is 9.10. The van der Waals surface area contributed by atoms with Crippen molar-refractivity contribution in [3.8, 4) is 0 Å². The minimum Gasteiger partial charge on any atom is -0.301 e. The number of halogens is 1. The van der Waals surface area contributed by atoms with Gasteiger partial charge in [-0.3, -0.25) is 10.1 Å². The van der Waals surface area contributed by atoms with Crippen molar-refractivity contribution in [3.63, 3.8) is 0 Å². The van der Waals surface area contributed by atoms with Crippen LogP contribution in [0.15, 0.2) is 22.7 Å². The minimum atomic E-state index is -0.366. The first-order valence-electron chi connectivity index (χ1n) is 5.15. The second-order valence-electron chi connectivity index (χ2n) is 3.74. The summed E-state index contributed by atoms with van der Waals surface area (Å²) in [7, 11) is 2.02. The zero-order valence-electron chi connectivity index (χ0n) is 9.85. The monoisotopic (exact) mass is 318 g/mol. The van der Waals surface area contributed by atoms with Gasteiger partial charge in [-0.25, -0.2) is 0 Å². The molecule has 0 spiro atoms. The standard InChI is InChI=1S/C11H15BrN2O2S/c1-13(6-7-17-2)8-9-4-3-5-10(11(9)12)14(15)16/h3-5H,6-8H2,1-2H3. The van der Waals surface area contributed by atoms with Crippen molar-refractivity contribution < 1.29 is 4.92 Å². The third kappa shape index (κ3) is 4.29. The Morgan fingerprint density at radius 3 is 2.82 bits per heavy atom. The lowest BCUT2D eigenvalue weighted by Gasteiger charge is -2.16. The smallest absolute Gasteiger partial charge is 0.283 e. The molecule has 1 aromatic rings. The zero-order valence-corrected chi connectivity index (χ0v) is 12.3. The van der Waals surface area contributed by atoms with Gasteiger partial charge in [0, 0.05) is 24.9 Å². The molecule has 0 saturated heterocycles. The number of nitro benzene ring substituents is 1. The van der Waals surface area contributed by atoms with Crippen molar-refractivity contribution in [2.24, 2.45) is 0 Å². The van der Waals surface area contributed by atoms with E-state index < -0.39 is 0 Å². The maximum absolute atomic E-state index is 10.8. The van der Waals surface area contributed by atoms with E-state index in [1.807, 2.05) is 13.1 Å². The molecule has 0 aliphatic rings. The Morgan fingerprint density at radius 1 is 1.53 bits per heavy atom. The molecule has 1 rings (SSSR count). The SMILES string of the molecule is CSCCN(C)Cc1cccc([N+](=O)[O-])c1Br. The third-order valence-electron chi connectivity index (χ3n) is 2.37. The van der Waals surface area contributed by atoms with E-state index in [4.69, 9.17) is 0 Å². The summed E-state index contributed by atoms with van der Waals surface area (Å²) >= 11 is 5.10. The predicted molar refractivity (Wildman–Crippen MR) is 75.5 cm³/mol. The average molecular weight is 319 g/mol. The Labute approximate surface area is 114 Å². The highest BCUT2D eigenvalue weighted by Crippen LogP contribution is 2.28. The largest absolute Gasteiger partial charge is 0.301 e. The van der Waals surface area contributed by atoms with Crippen molar-refractivity contribution in [1.29, 1.82) is 0 Å². The first-order valence-corrected chi connectivity index (χ1v) is 7.34. The van der Waals surface area contributed by atoms with E-state index in [-0.39, 0.29) is 10.6 Å². The molecule has 17 heavy (non-hydrogen) atoms.